The van der Waals surface area contributed by atoms with E-state index in [1.54, 1.807) is 0 Å². The summed E-state index contributed by atoms with van der Waals surface area (Å²) in [4.78, 5) is 28.4. The van der Waals surface area contributed by atoms with Crippen LogP contribution in [-0.2, 0) is 4.79 Å². The van der Waals surface area contributed by atoms with Gasteiger partial charge in [0.05, 0.1) is 0 Å². The van der Waals surface area contributed by atoms with Crippen molar-refractivity contribution in [2.45, 2.75) is 27.2 Å². The summed E-state index contributed by atoms with van der Waals surface area (Å²) < 4.78 is 0. The average Bonchev–Trinajstić information content (AvgIpc) is 2.73. The van der Waals surface area contributed by atoms with E-state index in [1.807, 2.05) is 68.1 Å². The van der Waals surface area contributed by atoms with Crippen molar-refractivity contribution in [1.82, 2.24) is 10.2 Å². The number of amides is 2. The first-order valence-corrected chi connectivity index (χ1v) is 10.6. The average molecular weight is 425 g/mol. The van der Waals surface area contributed by atoms with Crippen LogP contribution in [0.4, 0.5) is 11.4 Å². The molecule has 2 amide bonds. The number of benzene rings is 2. The molecule has 2 aromatic rings. The zero-order valence-electron chi connectivity index (χ0n) is 17.7. The lowest BCUT2D eigenvalue weighted by atomic mass is 10.1. The molecule has 0 saturated carbocycles. The predicted octanol–water partition coefficient (Wildman–Crippen LogP) is 3.49. The molecule has 1 heterocycles. The fourth-order valence-corrected chi connectivity index (χ4v) is 3.85. The van der Waals surface area contributed by atoms with Crippen molar-refractivity contribution in [3.63, 3.8) is 0 Å². The van der Waals surface area contributed by atoms with Crippen molar-refractivity contribution >= 4 is 40.5 Å². The zero-order valence-corrected chi connectivity index (χ0v) is 18.5. The number of piperazine rings is 1. The largest absolute Gasteiger partial charge is 0.368 e. The highest BCUT2D eigenvalue weighted by molar-refractivity contribution is 7.80. The van der Waals surface area contributed by atoms with Crippen molar-refractivity contribution in [2.75, 3.05) is 36.4 Å². The van der Waals surface area contributed by atoms with Gasteiger partial charge in [0.1, 0.15) is 0 Å². The highest BCUT2D eigenvalue weighted by Crippen LogP contribution is 2.20. The Labute approximate surface area is 183 Å². The van der Waals surface area contributed by atoms with Crippen molar-refractivity contribution < 1.29 is 9.59 Å². The molecule has 30 heavy (non-hydrogen) atoms. The standard InChI is InChI=1S/C23H28N4O2S/c1-4-21(28)27-11-9-26(10-12-27)20-7-5-19(6-8-20)24-23(30)25-22(29)18-14-16(2)13-17(3)15-18/h5-8,13-15H,4,9-12H2,1-3H3,(H2,24,25,29,30). The molecule has 1 saturated heterocycles. The zero-order chi connectivity index (χ0) is 21.7. The Morgan fingerprint density at radius 1 is 0.967 bits per heavy atom. The second-order valence-electron chi connectivity index (χ2n) is 7.55. The van der Waals surface area contributed by atoms with E-state index in [9.17, 15) is 9.59 Å². The number of hydrogen-bond donors (Lipinski definition) is 2. The number of carbonyl (C=O) groups is 2. The van der Waals surface area contributed by atoms with Gasteiger partial charge in [0.2, 0.25) is 5.91 Å². The molecule has 1 aliphatic heterocycles. The third-order valence-corrected chi connectivity index (χ3v) is 5.34. The van der Waals surface area contributed by atoms with Gasteiger partial charge in [-0.2, -0.15) is 0 Å². The van der Waals surface area contributed by atoms with E-state index in [4.69, 9.17) is 12.2 Å². The Hall–Kier alpha value is -2.93. The fraction of sp³-hybridized carbons (Fsp3) is 0.348. The molecule has 0 radical (unpaired) electrons. The van der Waals surface area contributed by atoms with E-state index in [-0.39, 0.29) is 16.9 Å². The topological polar surface area (TPSA) is 64.7 Å². The van der Waals surface area contributed by atoms with Crippen LogP contribution < -0.4 is 15.5 Å². The molecule has 2 aromatic carbocycles. The Balaban J connectivity index is 1.53. The fourth-order valence-electron chi connectivity index (χ4n) is 3.64. The molecular weight excluding hydrogens is 396 g/mol. The van der Waals surface area contributed by atoms with Crippen molar-refractivity contribution in [3.8, 4) is 0 Å². The van der Waals surface area contributed by atoms with Gasteiger partial charge < -0.3 is 15.1 Å². The number of rotatable bonds is 4. The maximum Gasteiger partial charge on any atom is 0.257 e. The summed E-state index contributed by atoms with van der Waals surface area (Å²) in [6.45, 7) is 8.97. The lowest BCUT2D eigenvalue weighted by Gasteiger charge is -2.36. The molecule has 3 rings (SSSR count). The summed E-state index contributed by atoms with van der Waals surface area (Å²) in [6.07, 6.45) is 0.556. The van der Waals surface area contributed by atoms with E-state index >= 15 is 0 Å². The number of carbonyl (C=O) groups excluding carboxylic acids is 2. The first-order chi connectivity index (χ1) is 14.4. The van der Waals surface area contributed by atoms with Gasteiger partial charge in [-0.15, -0.1) is 0 Å². The van der Waals surface area contributed by atoms with Crippen molar-refractivity contribution in [1.29, 1.82) is 0 Å². The maximum absolute atomic E-state index is 12.4. The highest BCUT2D eigenvalue weighted by Gasteiger charge is 2.20. The first kappa shape index (κ1) is 21.8. The second-order valence-corrected chi connectivity index (χ2v) is 7.96. The summed E-state index contributed by atoms with van der Waals surface area (Å²) in [5, 5.41) is 6.05. The van der Waals surface area contributed by atoms with Crippen LogP contribution in [0, 0.1) is 13.8 Å². The lowest BCUT2D eigenvalue weighted by Crippen LogP contribution is -2.48. The molecule has 6 nitrogen and oxygen atoms in total. The Morgan fingerprint density at radius 3 is 2.13 bits per heavy atom. The SMILES string of the molecule is CCC(=O)N1CCN(c2ccc(NC(=S)NC(=O)c3cc(C)cc(C)c3)cc2)CC1. The van der Waals surface area contributed by atoms with Gasteiger partial charge in [-0.1, -0.05) is 24.1 Å². The minimum Gasteiger partial charge on any atom is -0.368 e. The molecule has 2 N–H and O–H groups in total. The smallest absolute Gasteiger partial charge is 0.257 e. The summed E-state index contributed by atoms with van der Waals surface area (Å²) in [5.41, 5.74) is 4.58. The number of thiocarbonyl (C=S) groups is 1. The molecule has 0 spiro atoms. The molecular formula is C23H28N4O2S. The van der Waals surface area contributed by atoms with Gasteiger partial charge in [-0.3, -0.25) is 14.9 Å². The quantitative estimate of drug-likeness (QED) is 0.736. The summed E-state index contributed by atoms with van der Waals surface area (Å²) in [6, 6.07) is 13.6. The second kappa shape index (κ2) is 9.71. The Kier molecular flexibility index (Phi) is 7.05. The Morgan fingerprint density at radius 2 is 1.57 bits per heavy atom. The van der Waals surface area contributed by atoms with Crippen LogP contribution in [-0.4, -0.2) is 48.0 Å². The van der Waals surface area contributed by atoms with Gasteiger partial charge in [-0.25, -0.2) is 0 Å². The molecule has 158 valence electrons. The van der Waals surface area contributed by atoms with Crippen LogP contribution in [0.5, 0.6) is 0 Å². The van der Waals surface area contributed by atoms with Crippen LogP contribution >= 0.6 is 12.2 Å². The Bertz CT molecular complexity index is 914. The van der Waals surface area contributed by atoms with Gasteiger partial charge in [0, 0.05) is 49.5 Å². The third-order valence-electron chi connectivity index (χ3n) is 5.14. The molecule has 7 heteroatoms. The van der Waals surface area contributed by atoms with Crippen LogP contribution in [0.15, 0.2) is 42.5 Å². The van der Waals surface area contributed by atoms with Crippen LogP contribution in [0.3, 0.4) is 0 Å². The molecule has 1 aliphatic rings. The summed E-state index contributed by atoms with van der Waals surface area (Å²) >= 11 is 5.29. The molecule has 1 fully saturated rings. The van der Waals surface area contributed by atoms with E-state index in [0.29, 0.717) is 12.0 Å². The van der Waals surface area contributed by atoms with Gasteiger partial charge >= 0.3 is 0 Å². The number of nitrogens with one attached hydrogen (secondary N) is 2. The molecule has 0 aliphatic carbocycles. The van der Waals surface area contributed by atoms with Crippen molar-refractivity contribution in [2.24, 2.45) is 0 Å². The normalized spacial score (nSPS) is 13.7. The van der Waals surface area contributed by atoms with E-state index in [2.05, 4.69) is 15.5 Å². The molecule has 0 atom stereocenters. The van der Waals surface area contributed by atoms with Gasteiger partial charge in [-0.05, 0) is 62.5 Å². The van der Waals surface area contributed by atoms with Crippen LogP contribution in [0.1, 0.15) is 34.8 Å². The first-order valence-electron chi connectivity index (χ1n) is 10.2. The highest BCUT2D eigenvalue weighted by atomic mass is 32.1. The molecule has 0 bridgehead atoms. The minimum atomic E-state index is -0.226. The number of nitrogens with zero attached hydrogens (tertiary/aromatic N) is 2. The van der Waals surface area contributed by atoms with Crippen molar-refractivity contribution in [3.05, 3.63) is 59.2 Å². The van der Waals surface area contributed by atoms with E-state index < -0.39 is 0 Å². The summed E-state index contributed by atoms with van der Waals surface area (Å²) in [7, 11) is 0. The van der Waals surface area contributed by atoms with Gasteiger partial charge in [0.25, 0.3) is 5.91 Å². The predicted molar refractivity (Wildman–Crippen MR) is 125 cm³/mol. The number of aryl methyl sites for hydroxylation is 2. The summed E-state index contributed by atoms with van der Waals surface area (Å²) in [5.74, 6) is -0.0130. The number of anilines is 2. The minimum absolute atomic E-state index is 0.214. The van der Waals surface area contributed by atoms with E-state index in [1.165, 1.54) is 0 Å². The molecule has 0 aromatic heterocycles. The molecule has 0 unspecified atom stereocenters. The number of hydrogen-bond acceptors (Lipinski definition) is 4. The monoisotopic (exact) mass is 424 g/mol. The lowest BCUT2D eigenvalue weighted by molar-refractivity contribution is -0.131. The van der Waals surface area contributed by atoms with Crippen LogP contribution in [0.2, 0.25) is 0 Å². The maximum atomic E-state index is 12.4. The van der Waals surface area contributed by atoms with Gasteiger partial charge in [0.15, 0.2) is 5.11 Å². The van der Waals surface area contributed by atoms with Crippen LogP contribution in [0.25, 0.3) is 0 Å². The third kappa shape index (κ3) is 5.57. The van der Waals surface area contributed by atoms with E-state index in [0.717, 1.165) is 48.7 Å².